The number of nitrogens with one attached hydrogen (secondary N) is 1. The predicted octanol–water partition coefficient (Wildman–Crippen LogP) is 4.67. The number of nitrogens with zero attached hydrogens (tertiary/aromatic N) is 2. The molecule has 2 aromatic heterocycles. The van der Waals surface area contributed by atoms with Crippen molar-refractivity contribution in [1.29, 1.82) is 0 Å². The fourth-order valence-corrected chi connectivity index (χ4v) is 6.81. The summed E-state index contributed by atoms with van der Waals surface area (Å²) in [6.45, 7) is 0.678. The molecule has 1 unspecified atom stereocenters. The van der Waals surface area contributed by atoms with Crippen molar-refractivity contribution in [3.63, 3.8) is 0 Å². The highest BCUT2D eigenvalue weighted by molar-refractivity contribution is 7.84. The molecule has 1 saturated heterocycles. The van der Waals surface area contributed by atoms with Gasteiger partial charge in [-0.3, -0.25) is 8.98 Å². The molecule has 2 aliphatic rings. The molecule has 0 radical (unpaired) electrons. The summed E-state index contributed by atoms with van der Waals surface area (Å²) in [6, 6.07) is 9.64. The van der Waals surface area contributed by atoms with Gasteiger partial charge in [-0.25, -0.2) is 15.1 Å². The van der Waals surface area contributed by atoms with Crippen molar-refractivity contribution in [3.8, 4) is 0 Å². The fraction of sp³-hybridized carbons (Fsp3) is 0.423. The summed E-state index contributed by atoms with van der Waals surface area (Å²) >= 11 is 7.69. The summed E-state index contributed by atoms with van der Waals surface area (Å²) in [4.78, 5) is 22.6. The van der Waals surface area contributed by atoms with Gasteiger partial charge in [-0.1, -0.05) is 23.7 Å². The van der Waals surface area contributed by atoms with E-state index in [2.05, 4.69) is 15.3 Å². The summed E-state index contributed by atoms with van der Waals surface area (Å²) < 4.78 is 33.4. The third kappa shape index (κ3) is 6.08. The zero-order valence-electron chi connectivity index (χ0n) is 20.6. The van der Waals surface area contributed by atoms with Crippen molar-refractivity contribution >= 4 is 44.8 Å². The van der Waals surface area contributed by atoms with Gasteiger partial charge in [-0.05, 0) is 79.1 Å². The molecule has 1 aromatic carbocycles. The van der Waals surface area contributed by atoms with E-state index in [1.807, 2.05) is 35.7 Å². The van der Waals surface area contributed by atoms with Crippen LogP contribution in [0.2, 0.25) is 5.02 Å². The van der Waals surface area contributed by atoms with E-state index >= 15 is 0 Å². The number of benzene rings is 1. The minimum absolute atomic E-state index is 0.0196. The monoisotopic (exact) mass is 576 g/mol. The van der Waals surface area contributed by atoms with Crippen LogP contribution in [-0.4, -0.2) is 43.4 Å². The van der Waals surface area contributed by atoms with Gasteiger partial charge in [0, 0.05) is 23.9 Å². The molecule has 202 valence electrons. The molecule has 38 heavy (non-hydrogen) atoms. The molecule has 5 rings (SSSR count). The van der Waals surface area contributed by atoms with Crippen LogP contribution < -0.4 is 10.5 Å². The minimum atomic E-state index is -3.97. The van der Waals surface area contributed by atoms with E-state index in [1.165, 1.54) is 23.9 Å². The lowest BCUT2D eigenvalue weighted by atomic mass is 9.81. The van der Waals surface area contributed by atoms with Gasteiger partial charge in [-0.15, -0.1) is 11.3 Å². The molecule has 0 spiro atoms. The zero-order chi connectivity index (χ0) is 26.8. The fourth-order valence-electron chi connectivity index (χ4n) is 5.31. The average molecular weight is 577 g/mol. The van der Waals surface area contributed by atoms with Crippen LogP contribution in [0, 0.1) is 5.92 Å². The maximum atomic E-state index is 13.6. The van der Waals surface area contributed by atoms with Gasteiger partial charge in [0.05, 0.1) is 17.0 Å². The van der Waals surface area contributed by atoms with Crippen LogP contribution in [-0.2, 0) is 24.8 Å². The molecule has 3 aromatic rings. The second kappa shape index (κ2) is 11.4. The molecule has 1 aliphatic heterocycles. The maximum absolute atomic E-state index is 13.6. The topological polar surface area (TPSA) is 134 Å². The summed E-state index contributed by atoms with van der Waals surface area (Å²) in [6.07, 6.45) is 7.98. The Bertz CT molecular complexity index is 1410. The standard InChI is InChI=1S/C26H29ClN4O5S2/c27-20-5-3-4-18(11-20)26(8-1-2-9-35-26)19-12-23(37-15-19)24(32)22-13-29-16-30-25(22)31-21-7-6-17(10-21)14-36-38(28,33)34/h3-5,11-13,15-17,21H,1-2,6-10,14H2,(H2,28,33,34)(H,29,30,31)/t17-,21+,26?/m1/s1. The van der Waals surface area contributed by atoms with Crippen molar-refractivity contribution in [1.82, 2.24) is 9.97 Å². The Morgan fingerprint density at radius 3 is 2.89 bits per heavy atom. The van der Waals surface area contributed by atoms with Crippen LogP contribution >= 0.6 is 22.9 Å². The van der Waals surface area contributed by atoms with E-state index in [1.54, 1.807) is 0 Å². The molecule has 2 fully saturated rings. The number of halogens is 1. The van der Waals surface area contributed by atoms with E-state index in [9.17, 15) is 13.2 Å². The van der Waals surface area contributed by atoms with Crippen molar-refractivity contribution in [2.45, 2.75) is 50.2 Å². The number of carbonyl (C=O) groups is 1. The van der Waals surface area contributed by atoms with Gasteiger partial charge in [0.15, 0.2) is 0 Å². The second-order valence-electron chi connectivity index (χ2n) is 9.75. The molecule has 1 aliphatic carbocycles. The number of thiophene rings is 1. The van der Waals surface area contributed by atoms with E-state index < -0.39 is 15.9 Å². The number of ketones is 1. The first-order chi connectivity index (χ1) is 18.2. The number of nitrogens with two attached hydrogens (primary N) is 1. The molecule has 12 heteroatoms. The van der Waals surface area contributed by atoms with Crippen LogP contribution in [0.25, 0.3) is 0 Å². The van der Waals surface area contributed by atoms with Crippen LogP contribution in [0.5, 0.6) is 0 Å². The summed E-state index contributed by atoms with van der Waals surface area (Å²) in [5.41, 5.74) is 1.65. The van der Waals surface area contributed by atoms with Crippen LogP contribution in [0.1, 0.15) is 64.9 Å². The molecular weight excluding hydrogens is 548 g/mol. The van der Waals surface area contributed by atoms with Gasteiger partial charge in [0.2, 0.25) is 5.78 Å². The predicted molar refractivity (Wildman–Crippen MR) is 146 cm³/mol. The van der Waals surface area contributed by atoms with E-state index in [-0.39, 0.29) is 24.3 Å². The highest BCUT2D eigenvalue weighted by Crippen LogP contribution is 2.44. The molecule has 3 heterocycles. The Morgan fingerprint density at radius 2 is 2.13 bits per heavy atom. The van der Waals surface area contributed by atoms with E-state index in [0.29, 0.717) is 34.3 Å². The van der Waals surface area contributed by atoms with Gasteiger partial charge < -0.3 is 10.1 Å². The van der Waals surface area contributed by atoms with Gasteiger partial charge in [0.25, 0.3) is 0 Å². The Balaban J connectivity index is 1.35. The molecule has 0 amide bonds. The Labute approximate surface area is 231 Å². The summed E-state index contributed by atoms with van der Waals surface area (Å²) in [5, 5.41) is 10.9. The molecule has 3 N–H and O–H groups in total. The Morgan fingerprint density at radius 1 is 1.26 bits per heavy atom. The number of hydrogen-bond acceptors (Lipinski definition) is 9. The lowest BCUT2D eigenvalue weighted by Gasteiger charge is -2.37. The number of hydrogen-bond donors (Lipinski definition) is 2. The number of aromatic nitrogens is 2. The van der Waals surface area contributed by atoms with Crippen molar-refractivity contribution < 1.29 is 22.1 Å². The second-order valence-corrected chi connectivity index (χ2v) is 12.3. The third-order valence-electron chi connectivity index (χ3n) is 7.16. The van der Waals surface area contributed by atoms with E-state index in [4.69, 9.17) is 25.7 Å². The van der Waals surface area contributed by atoms with Crippen LogP contribution in [0.3, 0.4) is 0 Å². The largest absolute Gasteiger partial charge is 0.367 e. The lowest BCUT2D eigenvalue weighted by molar-refractivity contribution is -0.0530. The lowest BCUT2D eigenvalue weighted by Crippen LogP contribution is -2.34. The quantitative estimate of drug-likeness (QED) is 0.351. The molecule has 3 atom stereocenters. The first-order valence-electron chi connectivity index (χ1n) is 12.5. The smallest absolute Gasteiger partial charge is 0.333 e. The van der Waals surface area contributed by atoms with Gasteiger partial charge in [0.1, 0.15) is 17.7 Å². The number of rotatable bonds is 9. The Kier molecular flexibility index (Phi) is 8.13. The average Bonchev–Trinajstić information content (AvgIpc) is 3.58. The third-order valence-corrected chi connectivity index (χ3v) is 8.79. The van der Waals surface area contributed by atoms with Crippen molar-refractivity contribution in [2.24, 2.45) is 11.1 Å². The molecule has 9 nitrogen and oxygen atoms in total. The SMILES string of the molecule is NS(=O)(=O)OC[C@@H]1CC[C@H](Nc2ncncc2C(=O)c2cc(C3(c4cccc(Cl)c4)CCCCO3)cs2)C1. The Hall–Kier alpha value is -2.41. The van der Waals surface area contributed by atoms with E-state index in [0.717, 1.165) is 43.2 Å². The van der Waals surface area contributed by atoms with Crippen molar-refractivity contribution in [3.05, 3.63) is 74.8 Å². The normalized spacial score (nSPS) is 23.8. The van der Waals surface area contributed by atoms with Crippen LogP contribution in [0.4, 0.5) is 5.82 Å². The van der Waals surface area contributed by atoms with Crippen LogP contribution in [0.15, 0.2) is 48.2 Å². The molecule has 1 saturated carbocycles. The van der Waals surface area contributed by atoms with Gasteiger partial charge >= 0.3 is 10.3 Å². The maximum Gasteiger partial charge on any atom is 0.333 e. The highest BCUT2D eigenvalue weighted by atomic mass is 35.5. The number of ether oxygens (including phenoxy) is 1. The zero-order valence-corrected chi connectivity index (χ0v) is 23.0. The van der Waals surface area contributed by atoms with Gasteiger partial charge in [-0.2, -0.15) is 8.42 Å². The first kappa shape index (κ1) is 27.2. The van der Waals surface area contributed by atoms with Crippen molar-refractivity contribution in [2.75, 3.05) is 18.5 Å². The summed E-state index contributed by atoms with van der Waals surface area (Å²) in [7, 11) is -3.97. The number of carbonyl (C=O) groups excluding carboxylic acids is 1. The molecule has 0 bridgehead atoms. The number of anilines is 1. The first-order valence-corrected chi connectivity index (χ1v) is 15.2. The summed E-state index contributed by atoms with van der Waals surface area (Å²) in [5.74, 6) is 0.329. The molecular formula is C26H29ClN4O5S2. The highest BCUT2D eigenvalue weighted by Gasteiger charge is 2.39. The minimum Gasteiger partial charge on any atom is -0.367 e.